The highest BCUT2D eigenvalue weighted by molar-refractivity contribution is 7.99. The molecule has 0 saturated carbocycles. The van der Waals surface area contributed by atoms with Crippen LogP contribution < -0.4 is 5.32 Å². The molecule has 0 heterocycles. The summed E-state index contributed by atoms with van der Waals surface area (Å²) in [6.07, 6.45) is 8.24. The van der Waals surface area contributed by atoms with Crippen molar-refractivity contribution in [1.29, 1.82) is 0 Å². The van der Waals surface area contributed by atoms with E-state index in [2.05, 4.69) is 37.3 Å². The van der Waals surface area contributed by atoms with Gasteiger partial charge in [0.05, 0.1) is 0 Å². The van der Waals surface area contributed by atoms with Crippen LogP contribution in [0, 0.1) is 0 Å². The lowest BCUT2D eigenvalue weighted by Gasteiger charge is -2.13. The van der Waals surface area contributed by atoms with Crippen LogP contribution in [0.2, 0.25) is 0 Å². The normalized spacial score (nSPS) is 11.8. The van der Waals surface area contributed by atoms with Gasteiger partial charge in [-0.15, -0.1) is 0 Å². The van der Waals surface area contributed by atoms with E-state index in [9.17, 15) is 0 Å². The van der Waals surface area contributed by atoms with E-state index in [1.54, 1.807) is 0 Å². The minimum atomic E-state index is 1.04. The van der Waals surface area contributed by atoms with Gasteiger partial charge in [-0.2, -0.15) is 11.8 Å². The summed E-state index contributed by atoms with van der Waals surface area (Å²) in [7, 11) is 2.17. The topological polar surface area (TPSA) is 15.3 Å². The van der Waals surface area contributed by atoms with Gasteiger partial charge >= 0.3 is 0 Å². The zero-order valence-electron chi connectivity index (χ0n) is 12.7. The second kappa shape index (κ2) is 13.9. The number of rotatable bonds is 13. The molecule has 110 valence electrons. The van der Waals surface area contributed by atoms with Crippen molar-refractivity contribution in [1.82, 2.24) is 10.2 Å². The average molecular weight is 282 g/mol. The van der Waals surface area contributed by atoms with Gasteiger partial charge in [0.15, 0.2) is 0 Å². The van der Waals surface area contributed by atoms with Crippen LogP contribution >= 0.6 is 11.8 Å². The summed E-state index contributed by atoms with van der Waals surface area (Å²) in [5.74, 6) is 2.24. The third-order valence-electron chi connectivity index (χ3n) is 2.94. The first kappa shape index (κ1) is 18.5. The molecular formula is C16H30N2S. The predicted molar refractivity (Wildman–Crippen MR) is 91.1 cm³/mol. The van der Waals surface area contributed by atoms with Crippen molar-refractivity contribution in [2.75, 3.05) is 44.7 Å². The van der Waals surface area contributed by atoms with E-state index >= 15 is 0 Å². The minimum Gasteiger partial charge on any atom is -0.317 e. The molecule has 19 heavy (non-hydrogen) atoms. The highest BCUT2D eigenvalue weighted by Crippen LogP contribution is 2.09. The molecule has 0 aliphatic rings. The fourth-order valence-corrected chi connectivity index (χ4v) is 2.52. The Labute approximate surface area is 124 Å². The molecule has 0 bridgehead atoms. The number of nitrogens with zero attached hydrogens (tertiary/aromatic N) is 1. The third kappa shape index (κ3) is 12.3. The van der Waals surface area contributed by atoms with E-state index in [-0.39, 0.29) is 0 Å². The molecule has 0 aliphatic heterocycles. The van der Waals surface area contributed by atoms with E-state index in [1.165, 1.54) is 30.7 Å². The molecule has 0 rings (SSSR count). The SMILES string of the molecule is C=C/C=C(\C=C)CSCCCNCCCN(C)CC. The summed E-state index contributed by atoms with van der Waals surface area (Å²) < 4.78 is 0. The molecule has 1 N–H and O–H groups in total. The standard InChI is InChI=1S/C16H30N2S/c1-5-10-16(6-2)15-19-14-9-12-17-11-8-13-18(4)7-3/h5-6,10,17H,1-2,7-9,11-15H2,3-4H3/b16-10+. The lowest BCUT2D eigenvalue weighted by molar-refractivity contribution is 0.344. The van der Waals surface area contributed by atoms with Crippen molar-refractivity contribution in [3.05, 3.63) is 37.0 Å². The second-order valence-corrected chi connectivity index (χ2v) is 5.69. The van der Waals surface area contributed by atoms with Crippen molar-refractivity contribution >= 4 is 11.8 Å². The molecule has 0 aliphatic carbocycles. The van der Waals surface area contributed by atoms with Crippen LogP contribution in [0.3, 0.4) is 0 Å². The molecule has 2 nitrogen and oxygen atoms in total. The van der Waals surface area contributed by atoms with Gasteiger partial charge in [-0.25, -0.2) is 0 Å². The van der Waals surface area contributed by atoms with Gasteiger partial charge in [-0.1, -0.05) is 38.3 Å². The van der Waals surface area contributed by atoms with Crippen LogP contribution in [-0.2, 0) is 0 Å². The Morgan fingerprint density at radius 2 is 2.00 bits per heavy atom. The number of allylic oxidation sites excluding steroid dienone is 3. The van der Waals surface area contributed by atoms with Crippen LogP contribution in [0.5, 0.6) is 0 Å². The summed E-state index contributed by atoms with van der Waals surface area (Å²) in [6.45, 7) is 14.3. The fourth-order valence-electron chi connectivity index (χ4n) is 1.57. The second-order valence-electron chi connectivity index (χ2n) is 4.59. The first-order valence-corrected chi connectivity index (χ1v) is 8.31. The van der Waals surface area contributed by atoms with Crippen molar-refractivity contribution < 1.29 is 0 Å². The summed E-state index contributed by atoms with van der Waals surface area (Å²) in [6, 6.07) is 0. The molecule has 0 saturated heterocycles. The van der Waals surface area contributed by atoms with E-state index < -0.39 is 0 Å². The van der Waals surface area contributed by atoms with Crippen LogP contribution in [0.25, 0.3) is 0 Å². The highest BCUT2D eigenvalue weighted by Gasteiger charge is 1.95. The smallest absolute Gasteiger partial charge is 0.0184 e. The Hall–Kier alpha value is -0.510. The van der Waals surface area contributed by atoms with E-state index in [0.717, 1.165) is 25.4 Å². The number of hydrogen-bond donors (Lipinski definition) is 1. The molecule has 0 aromatic carbocycles. The Balaban J connectivity index is 3.29. The molecule has 0 unspecified atom stereocenters. The Morgan fingerprint density at radius 1 is 1.26 bits per heavy atom. The van der Waals surface area contributed by atoms with Gasteiger partial charge in [0, 0.05) is 5.75 Å². The largest absolute Gasteiger partial charge is 0.317 e. The number of hydrogen-bond acceptors (Lipinski definition) is 3. The van der Waals surface area contributed by atoms with E-state index in [4.69, 9.17) is 0 Å². The Bertz CT molecular complexity index is 261. The van der Waals surface area contributed by atoms with Gasteiger partial charge in [0.2, 0.25) is 0 Å². The third-order valence-corrected chi connectivity index (χ3v) is 4.05. The molecule has 0 aromatic heterocycles. The number of nitrogens with one attached hydrogen (secondary N) is 1. The van der Waals surface area contributed by atoms with Gasteiger partial charge in [0.25, 0.3) is 0 Å². The lowest BCUT2D eigenvalue weighted by atomic mass is 10.3. The number of thioether (sulfide) groups is 1. The molecule has 0 fully saturated rings. The van der Waals surface area contributed by atoms with Crippen molar-refractivity contribution in [3.63, 3.8) is 0 Å². The first-order chi connectivity index (χ1) is 9.24. The predicted octanol–water partition coefficient (Wildman–Crippen LogP) is 3.34. The molecule has 0 amide bonds. The molecule has 0 radical (unpaired) electrons. The Kier molecular flexibility index (Phi) is 13.5. The van der Waals surface area contributed by atoms with Gasteiger partial charge in [0.1, 0.15) is 0 Å². The molecule has 0 spiro atoms. The van der Waals surface area contributed by atoms with Gasteiger partial charge in [-0.05, 0) is 57.4 Å². The zero-order chi connectivity index (χ0) is 14.3. The quantitative estimate of drug-likeness (QED) is 0.412. The van der Waals surface area contributed by atoms with Crippen LogP contribution in [0.1, 0.15) is 19.8 Å². The maximum absolute atomic E-state index is 3.80. The maximum Gasteiger partial charge on any atom is 0.0184 e. The lowest BCUT2D eigenvalue weighted by Crippen LogP contribution is -2.24. The highest BCUT2D eigenvalue weighted by atomic mass is 32.2. The monoisotopic (exact) mass is 282 g/mol. The summed E-state index contributed by atoms with van der Waals surface area (Å²) in [4.78, 5) is 2.35. The van der Waals surface area contributed by atoms with Crippen LogP contribution in [0.4, 0.5) is 0 Å². The molecule has 0 aromatic rings. The van der Waals surface area contributed by atoms with E-state index in [1.807, 2.05) is 30.0 Å². The zero-order valence-corrected chi connectivity index (χ0v) is 13.5. The average Bonchev–Trinajstić information content (AvgIpc) is 2.43. The summed E-state index contributed by atoms with van der Waals surface area (Å²) >= 11 is 1.96. The summed E-state index contributed by atoms with van der Waals surface area (Å²) in [5.41, 5.74) is 1.26. The minimum absolute atomic E-state index is 1.04. The molecule has 3 heteroatoms. The van der Waals surface area contributed by atoms with E-state index in [0.29, 0.717) is 0 Å². The van der Waals surface area contributed by atoms with Crippen molar-refractivity contribution in [2.45, 2.75) is 19.8 Å². The maximum atomic E-state index is 3.80. The van der Waals surface area contributed by atoms with Gasteiger partial charge < -0.3 is 10.2 Å². The van der Waals surface area contributed by atoms with Crippen LogP contribution in [-0.4, -0.2) is 49.6 Å². The Morgan fingerprint density at radius 3 is 2.63 bits per heavy atom. The molecule has 0 atom stereocenters. The fraction of sp³-hybridized carbons (Fsp3) is 0.625. The summed E-state index contributed by atoms with van der Waals surface area (Å²) in [5, 5.41) is 3.50. The van der Waals surface area contributed by atoms with Gasteiger partial charge in [-0.3, -0.25) is 0 Å². The van der Waals surface area contributed by atoms with Crippen LogP contribution in [0.15, 0.2) is 37.0 Å². The molecular weight excluding hydrogens is 252 g/mol. The van der Waals surface area contributed by atoms with Crippen molar-refractivity contribution in [3.8, 4) is 0 Å². The van der Waals surface area contributed by atoms with Crippen molar-refractivity contribution in [2.24, 2.45) is 0 Å². The first-order valence-electron chi connectivity index (χ1n) is 7.15.